The van der Waals surface area contributed by atoms with Crippen LogP contribution < -0.4 is 16.6 Å². The van der Waals surface area contributed by atoms with Gasteiger partial charge in [0.15, 0.2) is 0 Å². The molecule has 1 N–H and O–H groups in total. The first-order valence-corrected chi connectivity index (χ1v) is 12.0. The van der Waals surface area contributed by atoms with Crippen molar-refractivity contribution in [2.75, 3.05) is 18.4 Å². The topological polar surface area (TPSA) is 110 Å². The minimum atomic E-state index is -3.63. The predicted octanol–water partition coefficient (Wildman–Crippen LogP) is 1.48. The van der Waals surface area contributed by atoms with E-state index in [1.165, 1.54) is 33.3 Å². The first-order valence-electron chi connectivity index (χ1n) is 10.6. The third kappa shape index (κ3) is 5.12. The SMILES string of the molecule is O=C(Cn1c(=O)ccn(Cc2ccccc2)c1=O)Nc1cccc(S(=O)(=O)N2CCCC2)c1. The third-order valence-electron chi connectivity index (χ3n) is 5.46. The Morgan fingerprint density at radius 3 is 2.39 bits per heavy atom. The fourth-order valence-corrected chi connectivity index (χ4v) is 5.32. The normalized spacial score (nSPS) is 14.3. The molecule has 1 aliphatic heterocycles. The molecule has 0 bridgehead atoms. The van der Waals surface area contributed by atoms with Gasteiger partial charge in [-0.2, -0.15) is 4.31 Å². The lowest BCUT2D eigenvalue weighted by Gasteiger charge is -2.16. The Bertz CT molecular complexity index is 1370. The number of hydrogen-bond acceptors (Lipinski definition) is 5. The van der Waals surface area contributed by atoms with E-state index in [1.54, 1.807) is 12.1 Å². The summed E-state index contributed by atoms with van der Waals surface area (Å²) >= 11 is 0. The van der Waals surface area contributed by atoms with Crippen molar-refractivity contribution in [3.63, 3.8) is 0 Å². The van der Waals surface area contributed by atoms with Gasteiger partial charge in [-0.05, 0) is 36.6 Å². The van der Waals surface area contributed by atoms with Crippen molar-refractivity contribution < 1.29 is 13.2 Å². The van der Waals surface area contributed by atoms with Crippen molar-refractivity contribution in [2.24, 2.45) is 0 Å². The van der Waals surface area contributed by atoms with Gasteiger partial charge in [-0.1, -0.05) is 36.4 Å². The molecule has 0 saturated carbocycles. The zero-order valence-electron chi connectivity index (χ0n) is 17.9. The number of anilines is 1. The zero-order chi connectivity index (χ0) is 23.4. The molecule has 0 unspecified atom stereocenters. The summed E-state index contributed by atoms with van der Waals surface area (Å²) in [7, 11) is -3.63. The average Bonchev–Trinajstić information content (AvgIpc) is 3.35. The Labute approximate surface area is 191 Å². The molecule has 2 aromatic carbocycles. The maximum atomic E-state index is 12.8. The maximum Gasteiger partial charge on any atom is 0.331 e. The van der Waals surface area contributed by atoms with Gasteiger partial charge in [0.2, 0.25) is 15.9 Å². The Morgan fingerprint density at radius 1 is 0.939 bits per heavy atom. The van der Waals surface area contributed by atoms with Crippen LogP contribution in [0.15, 0.2) is 81.3 Å². The van der Waals surface area contributed by atoms with Gasteiger partial charge in [0.05, 0.1) is 11.4 Å². The van der Waals surface area contributed by atoms with Crippen molar-refractivity contribution in [3.8, 4) is 0 Å². The van der Waals surface area contributed by atoms with Crippen LogP contribution in [0, 0.1) is 0 Å². The van der Waals surface area contributed by atoms with Crippen LogP contribution >= 0.6 is 0 Å². The van der Waals surface area contributed by atoms with Crippen LogP contribution in [0.1, 0.15) is 18.4 Å². The first-order chi connectivity index (χ1) is 15.8. The molecule has 0 spiro atoms. The van der Waals surface area contributed by atoms with Crippen LogP contribution in [0.4, 0.5) is 5.69 Å². The number of hydrogen-bond donors (Lipinski definition) is 1. The van der Waals surface area contributed by atoms with E-state index >= 15 is 0 Å². The van der Waals surface area contributed by atoms with E-state index in [0.29, 0.717) is 13.1 Å². The number of carbonyl (C=O) groups excluding carboxylic acids is 1. The summed E-state index contributed by atoms with van der Waals surface area (Å²) in [5.74, 6) is -0.609. The number of aromatic nitrogens is 2. The molecule has 3 aromatic rings. The summed E-state index contributed by atoms with van der Waals surface area (Å²) < 4.78 is 29.2. The Kier molecular flexibility index (Phi) is 6.57. The molecule has 0 radical (unpaired) electrons. The molecular weight excluding hydrogens is 444 g/mol. The number of carbonyl (C=O) groups is 1. The van der Waals surface area contributed by atoms with E-state index in [4.69, 9.17) is 0 Å². The molecule has 1 aromatic heterocycles. The largest absolute Gasteiger partial charge is 0.331 e. The van der Waals surface area contributed by atoms with Crippen molar-refractivity contribution >= 4 is 21.6 Å². The van der Waals surface area contributed by atoms with E-state index in [9.17, 15) is 22.8 Å². The summed E-state index contributed by atoms with van der Waals surface area (Å²) in [6.45, 7) is 0.727. The molecule has 1 fully saturated rings. The number of nitrogens with one attached hydrogen (secondary N) is 1. The molecule has 4 rings (SSSR count). The van der Waals surface area contributed by atoms with Gasteiger partial charge in [0, 0.05) is 31.0 Å². The number of amides is 1. The number of benzene rings is 2. The molecule has 9 nitrogen and oxygen atoms in total. The van der Waals surface area contributed by atoms with E-state index in [1.807, 2.05) is 30.3 Å². The standard InChI is InChI=1S/C23H24N4O5S/c28-21(24-19-9-6-10-20(15-19)33(31,32)26-12-4-5-13-26)17-27-22(29)11-14-25(23(27)30)16-18-7-2-1-3-8-18/h1-3,6-11,14-15H,4-5,12-13,16-17H2,(H,24,28). The molecule has 33 heavy (non-hydrogen) atoms. The highest BCUT2D eigenvalue weighted by Crippen LogP contribution is 2.23. The molecule has 2 heterocycles. The van der Waals surface area contributed by atoms with Gasteiger partial charge in [0.25, 0.3) is 5.56 Å². The molecule has 0 aliphatic carbocycles. The lowest BCUT2D eigenvalue weighted by Crippen LogP contribution is -2.41. The smallest absolute Gasteiger partial charge is 0.324 e. The number of sulfonamides is 1. The van der Waals surface area contributed by atoms with Crippen LogP contribution in [-0.4, -0.2) is 40.9 Å². The zero-order valence-corrected chi connectivity index (χ0v) is 18.7. The van der Waals surface area contributed by atoms with Gasteiger partial charge >= 0.3 is 5.69 Å². The monoisotopic (exact) mass is 468 g/mol. The van der Waals surface area contributed by atoms with Crippen LogP contribution in [0.3, 0.4) is 0 Å². The lowest BCUT2D eigenvalue weighted by molar-refractivity contribution is -0.116. The summed E-state index contributed by atoms with van der Waals surface area (Å²) in [6, 6.07) is 16.5. The van der Waals surface area contributed by atoms with E-state index in [2.05, 4.69) is 5.32 Å². The lowest BCUT2D eigenvalue weighted by atomic mass is 10.2. The maximum absolute atomic E-state index is 12.8. The van der Waals surface area contributed by atoms with Crippen molar-refractivity contribution in [2.45, 2.75) is 30.8 Å². The quantitative estimate of drug-likeness (QED) is 0.565. The summed E-state index contributed by atoms with van der Waals surface area (Å²) in [5, 5.41) is 2.59. The van der Waals surface area contributed by atoms with Crippen molar-refractivity contribution in [1.82, 2.24) is 13.4 Å². The molecule has 172 valence electrons. The molecule has 1 amide bonds. The van der Waals surface area contributed by atoms with Crippen LogP contribution in [-0.2, 0) is 27.9 Å². The molecule has 0 atom stereocenters. The number of nitrogens with zero attached hydrogens (tertiary/aromatic N) is 3. The van der Waals surface area contributed by atoms with Gasteiger partial charge in [-0.25, -0.2) is 13.2 Å². The highest BCUT2D eigenvalue weighted by atomic mass is 32.2. The van der Waals surface area contributed by atoms with E-state index < -0.39 is 33.7 Å². The van der Waals surface area contributed by atoms with E-state index in [0.717, 1.165) is 23.0 Å². The Hall–Kier alpha value is -3.50. The third-order valence-corrected chi connectivity index (χ3v) is 7.35. The highest BCUT2D eigenvalue weighted by molar-refractivity contribution is 7.89. The van der Waals surface area contributed by atoms with Gasteiger partial charge in [-0.3, -0.25) is 18.7 Å². The minimum absolute atomic E-state index is 0.0873. The summed E-state index contributed by atoms with van der Waals surface area (Å²) in [4.78, 5) is 37.7. The molecule has 1 aliphatic rings. The van der Waals surface area contributed by atoms with Crippen molar-refractivity contribution in [3.05, 3.63) is 93.3 Å². The van der Waals surface area contributed by atoms with Crippen LogP contribution in [0.25, 0.3) is 0 Å². The van der Waals surface area contributed by atoms with Crippen molar-refractivity contribution in [1.29, 1.82) is 0 Å². The van der Waals surface area contributed by atoms with Gasteiger partial charge in [-0.15, -0.1) is 0 Å². The predicted molar refractivity (Wildman–Crippen MR) is 124 cm³/mol. The Morgan fingerprint density at radius 2 is 1.67 bits per heavy atom. The highest BCUT2D eigenvalue weighted by Gasteiger charge is 2.27. The van der Waals surface area contributed by atoms with Gasteiger partial charge < -0.3 is 5.32 Å². The second kappa shape index (κ2) is 9.55. The number of rotatable bonds is 7. The van der Waals surface area contributed by atoms with Crippen LogP contribution in [0.2, 0.25) is 0 Å². The molecular formula is C23H24N4O5S. The summed E-state index contributed by atoms with van der Waals surface area (Å²) in [6.07, 6.45) is 3.05. The summed E-state index contributed by atoms with van der Waals surface area (Å²) in [5.41, 5.74) is -0.0455. The minimum Gasteiger partial charge on any atom is -0.324 e. The van der Waals surface area contributed by atoms with Crippen LogP contribution in [0.5, 0.6) is 0 Å². The fraction of sp³-hybridized carbons (Fsp3) is 0.261. The second-order valence-electron chi connectivity index (χ2n) is 7.82. The fourth-order valence-electron chi connectivity index (χ4n) is 3.76. The molecule has 1 saturated heterocycles. The van der Waals surface area contributed by atoms with E-state index in [-0.39, 0.29) is 17.1 Å². The first kappa shape index (κ1) is 22.7. The molecule has 10 heteroatoms. The van der Waals surface area contributed by atoms with Gasteiger partial charge in [0.1, 0.15) is 6.54 Å². The second-order valence-corrected chi connectivity index (χ2v) is 9.76. The Balaban J connectivity index is 1.51. The average molecular weight is 469 g/mol.